The standard InChI is InChI=1S/C23H27ClN8O4/c24-18-20(26)29-19(25)17(28-18)21(35)30-22-27-13-23(31-22)7-9-32(10-8-23)16(34)6-3-14-1-4-15(5-2-14)36-12-11-33/h1-2,4-5,11H,3,6-10,12-13H2,(H4,25,26,29)(H2,27,30,31,35). The van der Waals surface area contributed by atoms with E-state index in [1.165, 1.54) is 0 Å². The maximum atomic E-state index is 12.7. The normalized spacial score (nSPS) is 16.2. The minimum absolute atomic E-state index is 0.0167. The maximum Gasteiger partial charge on any atom is 0.280 e. The summed E-state index contributed by atoms with van der Waals surface area (Å²) >= 11 is 5.85. The number of likely N-dealkylation sites (tertiary alicyclic amines) is 1. The number of guanidine groups is 1. The predicted molar refractivity (Wildman–Crippen MR) is 134 cm³/mol. The third-order valence-corrected chi connectivity index (χ3v) is 6.50. The first-order valence-electron chi connectivity index (χ1n) is 11.4. The number of amides is 2. The molecule has 1 aromatic carbocycles. The Labute approximate surface area is 212 Å². The number of nitrogens with one attached hydrogen (secondary N) is 2. The molecule has 1 fully saturated rings. The van der Waals surface area contributed by atoms with E-state index in [-0.39, 0.29) is 40.5 Å². The zero-order valence-electron chi connectivity index (χ0n) is 19.5. The summed E-state index contributed by atoms with van der Waals surface area (Å²) < 4.78 is 5.24. The first-order chi connectivity index (χ1) is 17.3. The van der Waals surface area contributed by atoms with Crippen LogP contribution in [0.15, 0.2) is 29.3 Å². The number of nitrogens with zero attached hydrogens (tertiary/aromatic N) is 4. The van der Waals surface area contributed by atoms with Gasteiger partial charge in [0.25, 0.3) is 5.91 Å². The Hall–Kier alpha value is -3.93. The van der Waals surface area contributed by atoms with Crippen LogP contribution in [0.2, 0.25) is 5.15 Å². The topological polar surface area (TPSA) is 178 Å². The van der Waals surface area contributed by atoms with Crippen LogP contribution in [0.4, 0.5) is 11.6 Å². The molecular formula is C23H27ClN8O4. The quantitative estimate of drug-likeness (QED) is 0.384. The highest BCUT2D eigenvalue weighted by Gasteiger charge is 2.40. The molecule has 0 atom stereocenters. The van der Waals surface area contributed by atoms with Crippen molar-refractivity contribution < 1.29 is 19.1 Å². The smallest absolute Gasteiger partial charge is 0.280 e. The van der Waals surface area contributed by atoms with E-state index in [0.29, 0.717) is 63.3 Å². The van der Waals surface area contributed by atoms with Crippen molar-refractivity contribution in [3.63, 3.8) is 0 Å². The van der Waals surface area contributed by atoms with Crippen molar-refractivity contribution in [3.8, 4) is 5.75 Å². The molecule has 0 radical (unpaired) electrons. The first-order valence-corrected chi connectivity index (χ1v) is 11.8. The van der Waals surface area contributed by atoms with Gasteiger partial charge in [0.15, 0.2) is 34.7 Å². The van der Waals surface area contributed by atoms with Crippen LogP contribution >= 0.6 is 11.6 Å². The average molecular weight is 515 g/mol. The van der Waals surface area contributed by atoms with E-state index in [1.54, 1.807) is 12.1 Å². The van der Waals surface area contributed by atoms with Crippen LogP contribution in [0.1, 0.15) is 35.3 Å². The summed E-state index contributed by atoms with van der Waals surface area (Å²) in [5.74, 6) is 0.245. The number of nitrogen functional groups attached to an aromatic ring is 2. The molecule has 0 bridgehead atoms. The van der Waals surface area contributed by atoms with Gasteiger partial charge in [0.1, 0.15) is 12.4 Å². The molecule has 2 aromatic rings. The third kappa shape index (κ3) is 5.82. The number of halogens is 1. The summed E-state index contributed by atoms with van der Waals surface area (Å²) in [4.78, 5) is 49.7. The molecular weight excluding hydrogens is 488 g/mol. The fourth-order valence-corrected chi connectivity index (χ4v) is 4.29. The van der Waals surface area contributed by atoms with Crippen molar-refractivity contribution in [2.75, 3.05) is 37.7 Å². The van der Waals surface area contributed by atoms with Crippen molar-refractivity contribution in [1.82, 2.24) is 25.5 Å². The highest BCUT2D eigenvalue weighted by Crippen LogP contribution is 2.26. The van der Waals surface area contributed by atoms with Crippen LogP contribution in [-0.2, 0) is 16.0 Å². The number of rotatable bonds is 7. The van der Waals surface area contributed by atoms with E-state index in [4.69, 9.17) is 27.8 Å². The molecule has 2 amide bonds. The molecule has 3 heterocycles. The van der Waals surface area contributed by atoms with Crippen LogP contribution in [0.5, 0.6) is 5.75 Å². The van der Waals surface area contributed by atoms with E-state index in [0.717, 1.165) is 5.56 Å². The van der Waals surface area contributed by atoms with Crippen molar-refractivity contribution >= 4 is 47.3 Å². The molecule has 190 valence electrons. The summed E-state index contributed by atoms with van der Waals surface area (Å²) in [6, 6.07) is 7.37. The molecule has 13 heteroatoms. The van der Waals surface area contributed by atoms with Gasteiger partial charge in [0.05, 0.1) is 12.1 Å². The van der Waals surface area contributed by atoms with E-state index in [1.807, 2.05) is 17.0 Å². The molecule has 6 N–H and O–H groups in total. The minimum Gasteiger partial charge on any atom is -0.486 e. The number of aliphatic imine (C=N–C) groups is 1. The lowest BCUT2D eigenvalue weighted by Crippen LogP contribution is -2.57. The Bertz CT molecular complexity index is 1180. The fourth-order valence-electron chi connectivity index (χ4n) is 4.17. The fraction of sp³-hybridized carbons (Fsp3) is 0.391. The number of benzene rings is 1. The van der Waals surface area contributed by atoms with Gasteiger partial charge in [-0.25, -0.2) is 9.97 Å². The number of hydrogen-bond acceptors (Lipinski definition) is 10. The van der Waals surface area contributed by atoms with Gasteiger partial charge in [-0.1, -0.05) is 23.7 Å². The maximum absolute atomic E-state index is 12.7. The number of carbonyl (C=O) groups excluding carboxylic acids is 3. The Morgan fingerprint density at radius 1 is 1.17 bits per heavy atom. The lowest BCUT2D eigenvalue weighted by Gasteiger charge is -2.39. The zero-order chi connectivity index (χ0) is 25.7. The number of piperidine rings is 1. The molecule has 0 saturated carbocycles. The molecule has 12 nitrogen and oxygen atoms in total. The number of carbonyl (C=O) groups is 3. The Morgan fingerprint density at radius 3 is 2.58 bits per heavy atom. The summed E-state index contributed by atoms with van der Waals surface area (Å²) in [6.45, 7) is 1.68. The van der Waals surface area contributed by atoms with E-state index < -0.39 is 5.91 Å². The molecule has 0 unspecified atom stereocenters. The van der Waals surface area contributed by atoms with Crippen molar-refractivity contribution in [1.29, 1.82) is 0 Å². The van der Waals surface area contributed by atoms with Gasteiger partial charge in [0.2, 0.25) is 5.91 Å². The highest BCUT2D eigenvalue weighted by atomic mass is 35.5. The largest absolute Gasteiger partial charge is 0.486 e. The average Bonchev–Trinajstić information content (AvgIpc) is 3.25. The molecule has 0 aliphatic carbocycles. The molecule has 2 aliphatic heterocycles. The van der Waals surface area contributed by atoms with Gasteiger partial charge in [-0.15, -0.1) is 0 Å². The van der Waals surface area contributed by atoms with E-state index >= 15 is 0 Å². The number of hydrogen-bond donors (Lipinski definition) is 4. The lowest BCUT2D eigenvalue weighted by atomic mass is 9.88. The predicted octanol–water partition coefficient (Wildman–Crippen LogP) is 0.555. The monoisotopic (exact) mass is 514 g/mol. The second kappa shape index (κ2) is 10.8. The summed E-state index contributed by atoms with van der Waals surface area (Å²) in [6.07, 6.45) is 3.11. The van der Waals surface area contributed by atoms with E-state index in [2.05, 4.69) is 25.6 Å². The van der Waals surface area contributed by atoms with Crippen molar-refractivity contribution in [2.45, 2.75) is 31.2 Å². The Balaban J connectivity index is 1.23. The number of nitrogens with two attached hydrogens (primary N) is 2. The van der Waals surface area contributed by atoms with Crippen molar-refractivity contribution in [2.24, 2.45) is 4.99 Å². The molecule has 1 saturated heterocycles. The van der Waals surface area contributed by atoms with Crippen LogP contribution < -0.4 is 26.8 Å². The van der Waals surface area contributed by atoms with Gasteiger partial charge in [-0.05, 0) is 37.0 Å². The SMILES string of the molecule is Nc1nc(N)c(C(=O)NC2=NCC3(CCN(C(=O)CCc4ccc(OCC=O)cc4)CC3)N2)nc1Cl. The van der Waals surface area contributed by atoms with Gasteiger partial charge in [0, 0.05) is 19.5 Å². The second-order valence-electron chi connectivity index (χ2n) is 8.66. The van der Waals surface area contributed by atoms with Gasteiger partial charge < -0.3 is 26.4 Å². The van der Waals surface area contributed by atoms with Crippen LogP contribution in [0.25, 0.3) is 0 Å². The van der Waals surface area contributed by atoms with Gasteiger partial charge in [-0.3, -0.25) is 24.7 Å². The molecule has 1 aromatic heterocycles. The summed E-state index contributed by atoms with van der Waals surface area (Å²) in [5.41, 5.74) is 11.9. The van der Waals surface area contributed by atoms with Crippen LogP contribution in [-0.4, -0.2) is 70.7 Å². The third-order valence-electron chi connectivity index (χ3n) is 6.22. The summed E-state index contributed by atoms with van der Waals surface area (Å²) in [5, 5.41) is 5.84. The molecule has 36 heavy (non-hydrogen) atoms. The molecule has 4 rings (SSSR count). The lowest BCUT2D eigenvalue weighted by molar-refractivity contribution is -0.132. The molecule has 1 spiro atoms. The second-order valence-corrected chi connectivity index (χ2v) is 9.02. The van der Waals surface area contributed by atoms with Gasteiger partial charge >= 0.3 is 0 Å². The summed E-state index contributed by atoms with van der Waals surface area (Å²) in [7, 11) is 0. The molecule has 2 aliphatic rings. The number of aryl methyl sites for hydroxylation is 1. The zero-order valence-corrected chi connectivity index (χ0v) is 20.3. The minimum atomic E-state index is -0.596. The van der Waals surface area contributed by atoms with Crippen LogP contribution in [0, 0.1) is 0 Å². The first kappa shape index (κ1) is 25.2. The number of ether oxygens (including phenoxy) is 1. The highest BCUT2D eigenvalue weighted by molar-refractivity contribution is 6.31. The van der Waals surface area contributed by atoms with Crippen molar-refractivity contribution in [3.05, 3.63) is 40.7 Å². The van der Waals surface area contributed by atoms with Gasteiger partial charge in [-0.2, -0.15) is 0 Å². The Kier molecular flexibility index (Phi) is 7.53. The Morgan fingerprint density at radius 2 is 1.89 bits per heavy atom. The number of aromatic nitrogens is 2. The number of aldehydes is 1. The van der Waals surface area contributed by atoms with Crippen LogP contribution in [0.3, 0.4) is 0 Å². The van der Waals surface area contributed by atoms with E-state index in [9.17, 15) is 14.4 Å². The number of anilines is 2.